The van der Waals surface area contributed by atoms with Gasteiger partial charge in [-0.15, -0.1) is 0 Å². The number of rotatable bonds is 5. The van der Waals surface area contributed by atoms with E-state index in [0.717, 1.165) is 17.7 Å². The zero-order valence-corrected chi connectivity index (χ0v) is 19.6. The smallest absolute Gasteiger partial charge is 0.416 e. The Morgan fingerprint density at radius 2 is 1.50 bits per heavy atom. The highest BCUT2D eigenvalue weighted by Gasteiger charge is 2.34. The van der Waals surface area contributed by atoms with Crippen LogP contribution in [-0.2, 0) is 6.18 Å². The van der Waals surface area contributed by atoms with E-state index in [1.165, 1.54) is 6.07 Å². The summed E-state index contributed by atoms with van der Waals surface area (Å²) in [6.07, 6.45) is -4.50. The molecular formula is C24H29F3O2Si. The Hall–Kier alpha value is -2.34. The minimum atomic E-state index is -4.50. The number of benzene rings is 2. The number of hydrogen-bond acceptors (Lipinski definition) is 2. The van der Waals surface area contributed by atoms with Crippen LogP contribution in [0.1, 0.15) is 47.8 Å². The lowest BCUT2D eigenvalue weighted by Gasteiger charge is -2.23. The minimum Gasteiger partial charge on any atom is -0.497 e. The molecule has 0 heterocycles. The van der Waals surface area contributed by atoms with E-state index in [2.05, 4.69) is 19.6 Å². The highest BCUT2D eigenvalue weighted by atomic mass is 28.3. The Bertz CT molecular complexity index is 944. The van der Waals surface area contributed by atoms with E-state index in [-0.39, 0.29) is 5.78 Å². The maximum atomic E-state index is 13.5. The van der Waals surface area contributed by atoms with Gasteiger partial charge in [0.1, 0.15) is 5.75 Å². The van der Waals surface area contributed by atoms with Crippen LogP contribution >= 0.6 is 0 Å². The van der Waals surface area contributed by atoms with Gasteiger partial charge in [0.15, 0.2) is 5.78 Å². The van der Waals surface area contributed by atoms with Crippen molar-refractivity contribution in [2.24, 2.45) is 5.41 Å². The molecule has 0 saturated heterocycles. The van der Waals surface area contributed by atoms with Crippen LogP contribution in [0.25, 0.3) is 5.57 Å². The average Bonchev–Trinajstić information content (AvgIpc) is 2.63. The summed E-state index contributed by atoms with van der Waals surface area (Å²) in [5.74, 6) is 0.461. The van der Waals surface area contributed by atoms with E-state index in [1.54, 1.807) is 40.0 Å². The molecule has 0 fully saturated rings. The van der Waals surface area contributed by atoms with Gasteiger partial charge < -0.3 is 4.74 Å². The Labute approximate surface area is 177 Å². The van der Waals surface area contributed by atoms with E-state index in [1.807, 2.05) is 17.8 Å². The van der Waals surface area contributed by atoms with Crippen molar-refractivity contribution in [1.82, 2.24) is 0 Å². The number of carbonyl (C=O) groups is 1. The molecule has 2 nitrogen and oxygen atoms in total. The molecule has 0 aliphatic heterocycles. The first-order valence-electron chi connectivity index (χ1n) is 9.77. The molecule has 162 valence electrons. The predicted octanol–water partition coefficient (Wildman–Crippen LogP) is 7.25. The molecule has 0 radical (unpaired) electrons. The summed E-state index contributed by atoms with van der Waals surface area (Å²) < 4.78 is 45.8. The van der Waals surface area contributed by atoms with Crippen molar-refractivity contribution in [2.75, 3.05) is 7.11 Å². The van der Waals surface area contributed by atoms with Crippen LogP contribution in [0.15, 0.2) is 48.2 Å². The maximum absolute atomic E-state index is 13.5. The van der Waals surface area contributed by atoms with Crippen LogP contribution in [0, 0.1) is 5.41 Å². The first-order valence-corrected chi connectivity index (χ1v) is 13.3. The number of ketones is 1. The topological polar surface area (TPSA) is 26.3 Å². The third-order valence-corrected chi connectivity index (χ3v) is 5.70. The fourth-order valence-electron chi connectivity index (χ4n) is 3.07. The number of halogens is 3. The highest BCUT2D eigenvalue weighted by molar-refractivity contribution is 6.81. The first kappa shape index (κ1) is 23.9. The quantitative estimate of drug-likeness (QED) is 0.366. The Balaban J connectivity index is 2.85. The molecule has 6 heteroatoms. The standard InChI is InChI=1S/C24H29F3O2Si/c1-23(2,3)22(28)19-13-10-17(24(25,26)27)14-20(19)21(15-30(5,6)7)16-8-11-18(29-4)12-9-16/h8-15H,1-7H3/b21-15+. The molecule has 2 aromatic carbocycles. The van der Waals surface area contributed by atoms with Crippen molar-refractivity contribution in [3.8, 4) is 5.75 Å². The number of methoxy groups -OCH3 is 1. The average molecular weight is 435 g/mol. The van der Waals surface area contributed by atoms with Gasteiger partial charge in [0.25, 0.3) is 0 Å². The van der Waals surface area contributed by atoms with Crippen molar-refractivity contribution in [2.45, 2.75) is 46.6 Å². The van der Waals surface area contributed by atoms with Gasteiger partial charge in [0, 0.05) is 11.0 Å². The Morgan fingerprint density at radius 3 is 1.93 bits per heavy atom. The zero-order chi connectivity index (χ0) is 22.9. The number of Topliss-reactive ketones (excluding diaryl/α,β-unsaturated/α-hetero) is 1. The molecule has 0 bridgehead atoms. The molecule has 2 rings (SSSR count). The van der Waals surface area contributed by atoms with Crippen LogP contribution in [0.2, 0.25) is 19.6 Å². The molecule has 0 spiro atoms. The second kappa shape index (κ2) is 8.42. The van der Waals surface area contributed by atoms with Crippen molar-refractivity contribution < 1.29 is 22.7 Å². The highest BCUT2D eigenvalue weighted by Crippen LogP contribution is 2.37. The summed E-state index contributed by atoms with van der Waals surface area (Å²) in [6.45, 7) is 11.6. The minimum absolute atomic E-state index is 0.193. The van der Waals surface area contributed by atoms with Crippen LogP contribution in [0.3, 0.4) is 0 Å². The monoisotopic (exact) mass is 434 g/mol. The molecule has 30 heavy (non-hydrogen) atoms. The van der Waals surface area contributed by atoms with Gasteiger partial charge in [-0.05, 0) is 41.0 Å². The van der Waals surface area contributed by atoms with Gasteiger partial charge >= 0.3 is 6.18 Å². The third-order valence-electron chi connectivity index (χ3n) is 4.54. The molecule has 0 aliphatic rings. The van der Waals surface area contributed by atoms with E-state index >= 15 is 0 Å². The summed E-state index contributed by atoms with van der Waals surface area (Å²) in [4.78, 5) is 13.1. The largest absolute Gasteiger partial charge is 0.497 e. The van der Waals surface area contributed by atoms with Crippen molar-refractivity contribution in [3.63, 3.8) is 0 Å². The van der Waals surface area contributed by atoms with Crippen LogP contribution in [0.5, 0.6) is 5.75 Å². The molecule has 2 aromatic rings. The van der Waals surface area contributed by atoms with Gasteiger partial charge in [-0.1, -0.05) is 64.3 Å². The van der Waals surface area contributed by atoms with Crippen LogP contribution < -0.4 is 4.74 Å². The third kappa shape index (κ3) is 5.85. The molecule has 0 atom stereocenters. The summed E-state index contributed by atoms with van der Waals surface area (Å²) >= 11 is 0. The summed E-state index contributed by atoms with van der Waals surface area (Å²) in [7, 11) is -0.304. The molecule has 0 amide bonds. The van der Waals surface area contributed by atoms with Crippen molar-refractivity contribution in [1.29, 1.82) is 0 Å². The Morgan fingerprint density at radius 1 is 0.933 bits per heavy atom. The normalized spacial score (nSPS) is 13.3. The number of carbonyl (C=O) groups excluding carboxylic acids is 1. The van der Waals surface area contributed by atoms with Gasteiger partial charge in [-0.25, -0.2) is 0 Å². The second-order valence-electron chi connectivity index (χ2n) is 9.49. The van der Waals surface area contributed by atoms with Crippen LogP contribution in [0.4, 0.5) is 13.2 Å². The fourth-order valence-corrected chi connectivity index (χ4v) is 4.25. The van der Waals surface area contributed by atoms with Crippen molar-refractivity contribution in [3.05, 3.63) is 70.4 Å². The summed E-state index contributed by atoms with van der Waals surface area (Å²) in [5.41, 5.74) is 2.57. The summed E-state index contributed by atoms with van der Waals surface area (Å²) in [5, 5.41) is 0. The van der Waals surface area contributed by atoms with Gasteiger partial charge in [-0.3, -0.25) is 4.79 Å². The summed E-state index contributed by atoms with van der Waals surface area (Å²) in [6, 6.07) is 10.6. The first-order chi connectivity index (χ1) is 13.6. The Kier molecular flexibility index (Phi) is 6.72. The predicted molar refractivity (Wildman–Crippen MR) is 119 cm³/mol. The SMILES string of the molecule is COc1ccc(/C(=C\[Si](C)(C)C)c2cc(C(F)(F)F)ccc2C(=O)C(C)(C)C)cc1. The van der Waals surface area contributed by atoms with E-state index in [4.69, 9.17) is 4.74 Å². The molecule has 0 saturated carbocycles. The molecule has 0 aliphatic carbocycles. The van der Waals surface area contributed by atoms with E-state index < -0.39 is 25.2 Å². The lowest BCUT2D eigenvalue weighted by molar-refractivity contribution is -0.137. The van der Waals surface area contributed by atoms with Gasteiger partial charge in [0.05, 0.1) is 20.7 Å². The number of hydrogen-bond donors (Lipinski definition) is 0. The maximum Gasteiger partial charge on any atom is 0.416 e. The zero-order valence-electron chi connectivity index (χ0n) is 18.6. The number of alkyl halides is 3. The van der Waals surface area contributed by atoms with Gasteiger partial charge in [-0.2, -0.15) is 13.2 Å². The van der Waals surface area contributed by atoms with Crippen molar-refractivity contribution >= 4 is 19.4 Å². The van der Waals surface area contributed by atoms with Crippen LogP contribution in [-0.4, -0.2) is 21.0 Å². The van der Waals surface area contributed by atoms with E-state index in [0.29, 0.717) is 22.4 Å². The molecule has 0 aromatic heterocycles. The lowest BCUT2D eigenvalue weighted by atomic mass is 9.82. The molecular weight excluding hydrogens is 405 g/mol. The van der Waals surface area contributed by atoms with E-state index in [9.17, 15) is 18.0 Å². The van der Waals surface area contributed by atoms with Gasteiger partial charge in [0.2, 0.25) is 0 Å². The fraction of sp³-hybridized carbons (Fsp3) is 0.375. The lowest BCUT2D eigenvalue weighted by Crippen LogP contribution is -2.23. The number of ether oxygens (including phenoxy) is 1. The second-order valence-corrected chi connectivity index (χ2v) is 14.5. The molecule has 0 unspecified atom stereocenters. The molecule has 0 N–H and O–H groups in total.